The van der Waals surface area contributed by atoms with E-state index in [1.165, 1.54) is 0 Å². The summed E-state index contributed by atoms with van der Waals surface area (Å²) < 4.78 is 0. The van der Waals surface area contributed by atoms with Crippen molar-refractivity contribution in [3.05, 3.63) is 35.5 Å². The van der Waals surface area contributed by atoms with E-state index in [0.29, 0.717) is 16.2 Å². The van der Waals surface area contributed by atoms with Gasteiger partial charge in [-0.1, -0.05) is 11.6 Å². The maximum absolute atomic E-state index is 12.1. The van der Waals surface area contributed by atoms with Gasteiger partial charge in [-0.05, 0) is 38.1 Å². The molecule has 1 heterocycles. The first-order chi connectivity index (χ1) is 8.95. The smallest absolute Gasteiger partial charge is 0.231 e. The second kappa shape index (κ2) is 5.15. The van der Waals surface area contributed by atoms with E-state index in [9.17, 15) is 4.79 Å². The molecule has 100 valence electrons. The molecule has 0 fully saturated rings. The van der Waals surface area contributed by atoms with Crippen LogP contribution in [0.15, 0.2) is 30.5 Å². The predicted octanol–water partition coefficient (Wildman–Crippen LogP) is 2.81. The molecule has 4 nitrogen and oxygen atoms in total. The number of carbonyl (C=O) groups excluding carboxylic acids is 1. The Morgan fingerprint density at radius 1 is 1.42 bits per heavy atom. The number of benzene rings is 1. The van der Waals surface area contributed by atoms with Gasteiger partial charge in [0.05, 0.1) is 21.6 Å². The van der Waals surface area contributed by atoms with Crippen LogP contribution in [-0.2, 0) is 4.79 Å². The van der Waals surface area contributed by atoms with Gasteiger partial charge in [0, 0.05) is 18.1 Å². The summed E-state index contributed by atoms with van der Waals surface area (Å²) in [6.07, 6.45) is 1.67. The van der Waals surface area contributed by atoms with Crippen molar-refractivity contribution in [3.63, 3.8) is 0 Å². The predicted molar refractivity (Wildman–Crippen MR) is 78.2 cm³/mol. The lowest BCUT2D eigenvalue weighted by molar-refractivity contribution is -0.123. The Morgan fingerprint density at radius 2 is 2.16 bits per heavy atom. The van der Waals surface area contributed by atoms with E-state index in [1.54, 1.807) is 32.2 Å². The Balaban J connectivity index is 2.42. The molecule has 1 amide bonds. The minimum Gasteiger partial charge on any atom is -0.329 e. The normalized spacial score (nSPS) is 11.6. The van der Waals surface area contributed by atoms with Crippen molar-refractivity contribution >= 4 is 34.1 Å². The van der Waals surface area contributed by atoms with E-state index in [0.717, 1.165) is 5.39 Å². The average molecular weight is 278 g/mol. The molecule has 2 aromatic rings. The third kappa shape index (κ3) is 2.69. The zero-order chi connectivity index (χ0) is 14.0. The highest BCUT2D eigenvalue weighted by molar-refractivity contribution is 6.35. The van der Waals surface area contributed by atoms with Crippen molar-refractivity contribution in [2.24, 2.45) is 11.1 Å². The minimum absolute atomic E-state index is 0.135. The van der Waals surface area contributed by atoms with Gasteiger partial charge in [0.1, 0.15) is 0 Å². The van der Waals surface area contributed by atoms with Gasteiger partial charge in [-0.2, -0.15) is 0 Å². The molecule has 0 unspecified atom stereocenters. The number of rotatable bonds is 3. The molecule has 0 saturated carbocycles. The maximum Gasteiger partial charge on any atom is 0.231 e. The van der Waals surface area contributed by atoms with Crippen LogP contribution in [0.25, 0.3) is 10.9 Å². The van der Waals surface area contributed by atoms with Crippen molar-refractivity contribution < 1.29 is 4.79 Å². The summed E-state index contributed by atoms with van der Waals surface area (Å²) in [4.78, 5) is 16.4. The first-order valence-electron chi connectivity index (χ1n) is 6.00. The Hall–Kier alpha value is -1.65. The molecule has 0 atom stereocenters. The molecule has 0 aliphatic carbocycles. The zero-order valence-electron chi connectivity index (χ0n) is 10.9. The van der Waals surface area contributed by atoms with E-state index in [4.69, 9.17) is 17.3 Å². The zero-order valence-corrected chi connectivity index (χ0v) is 11.7. The summed E-state index contributed by atoms with van der Waals surface area (Å²) in [5.74, 6) is -0.135. The molecular formula is C14H16ClN3O. The largest absolute Gasteiger partial charge is 0.329 e. The first-order valence-corrected chi connectivity index (χ1v) is 6.38. The Morgan fingerprint density at radius 3 is 2.84 bits per heavy atom. The summed E-state index contributed by atoms with van der Waals surface area (Å²) in [5, 5.41) is 4.29. The van der Waals surface area contributed by atoms with E-state index >= 15 is 0 Å². The quantitative estimate of drug-likeness (QED) is 0.906. The van der Waals surface area contributed by atoms with Crippen LogP contribution in [0.3, 0.4) is 0 Å². The van der Waals surface area contributed by atoms with Crippen LogP contribution in [0.2, 0.25) is 5.02 Å². The van der Waals surface area contributed by atoms with E-state index in [1.807, 2.05) is 12.1 Å². The molecule has 19 heavy (non-hydrogen) atoms. The third-order valence-corrected chi connectivity index (χ3v) is 3.42. The van der Waals surface area contributed by atoms with Crippen LogP contribution in [0.5, 0.6) is 0 Å². The van der Waals surface area contributed by atoms with Crippen LogP contribution < -0.4 is 11.1 Å². The van der Waals surface area contributed by atoms with Crippen LogP contribution in [0, 0.1) is 5.41 Å². The Kier molecular flexibility index (Phi) is 3.73. The fourth-order valence-corrected chi connectivity index (χ4v) is 1.84. The molecule has 0 saturated heterocycles. The van der Waals surface area contributed by atoms with Gasteiger partial charge in [0.2, 0.25) is 5.91 Å². The van der Waals surface area contributed by atoms with Crippen molar-refractivity contribution in [2.45, 2.75) is 13.8 Å². The van der Waals surface area contributed by atoms with Crippen molar-refractivity contribution in [1.29, 1.82) is 0 Å². The summed E-state index contributed by atoms with van der Waals surface area (Å²) in [6, 6.07) is 7.18. The number of halogens is 1. The number of nitrogens with zero attached hydrogens (tertiary/aromatic N) is 1. The monoisotopic (exact) mass is 277 g/mol. The fraction of sp³-hybridized carbons (Fsp3) is 0.286. The summed E-state index contributed by atoms with van der Waals surface area (Å²) >= 11 is 6.11. The molecule has 2 rings (SSSR count). The average Bonchev–Trinajstić information content (AvgIpc) is 2.42. The van der Waals surface area contributed by atoms with Crippen molar-refractivity contribution in [2.75, 3.05) is 11.9 Å². The number of carbonyl (C=O) groups is 1. The second-order valence-corrected chi connectivity index (χ2v) is 5.44. The van der Waals surface area contributed by atoms with Gasteiger partial charge < -0.3 is 11.1 Å². The van der Waals surface area contributed by atoms with Crippen molar-refractivity contribution in [1.82, 2.24) is 4.98 Å². The number of anilines is 1. The molecule has 0 aliphatic heterocycles. The van der Waals surface area contributed by atoms with E-state index < -0.39 is 5.41 Å². The maximum atomic E-state index is 12.1. The fourth-order valence-electron chi connectivity index (χ4n) is 1.62. The molecule has 1 aromatic heterocycles. The molecular weight excluding hydrogens is 262 g/mol. The molecule has 0 aliphatic rings. The number of pyridine rings is 1. The molecule has 3 N–H and O–H groups in total. The topological polar surface area (TPSA) is 68.0 Å². The second-order valence-electron chi connectivity index (χ2n) is 5.04. The molecule has 5 heteroatoms. The molecule has 0 bridgehead atoms. The lowest BCUT2D eigenvalue weighted by Gasteiger charge is -2.21. The highest BCUT2D eigenvalue weighted by Crippen LogP contribution is 2.29. The summed E-state index contributed by atoms with van der Waals surface area (Å²) in [5.41, 5.74) is 6.30. The molecule has 0 spiro atoms. The van der Waals surface area contributed by atoms with E-state index in [-0.39, 0.29) is 12.5 Å². The van der Waals surface area contributed by atoms with Crippen LogP contribution in [0.1, 0.15) is 13.8 Å². The number of hydrogen-bond donors (Lipinski definition) is 2. The van der Waals surface area contributed by atoms with Gasteiger partial charge in [-0.25, -0.2) is 0 Å². The standard InChI is InChI=1S/C14H16ClN3O/c1-14(2,8-16)13(19)18-11-6-5-10(15)9-4-3-7-17-12(9)11/h3-7H,8,16H2,1-2H3,(H,18,19). The number of fused-ring (bicyclic) bond motifs is 1. The highest BCUT2D eigenvalue weighted by atomic mass is 35.5. The SMILES string of the molecule is CC(C)(CN)C(=O)Nc1ccc(Cl)c2cccnc12. The number of nitrogens with two attached hydrogens (primary N) is 1. The minimum atomic E-state index is -0.624. The van der Waals surface area contributed by atoms with Crippen LogP contribution in [-0.4, -0.2) is 17.4 Å². The van der Waals surface area contributed by atoms with Crippen LogP contribution >= 0.6 is 11.6 Å². The van der Waals surface area contributed by atoms with Gasteiger partial charge in [-0.15, -0.1) is 0 Å². The van der Waals surface area contributed by atoms with Crippen LogP contribution in [0.4, 0.5) is 5.69 Å². The summed E-state index contributed by atoms with van der Waals surface area (Å²) in [7, 11) is 0. The van der Waals surface area contributed by atoms with E-state index in [2.05, 4.69) is 10.3 Å². The third-order valence-electron chi connectivity index (χ3n) is 3.09. The lowest BCUT2D eigenvalue weighted by Crippen LogP contribution is -2.37. The molecule has 0 radical (unpaired) electrons. The summed E-state index contributed by atoms with van der Waals surface area (Å²) in [6.45, 7) is 3.87. The van der Waals surface area contributed by atoms with Gasteiger partial charge in [0.15, 0.2) is 0 Å². The van der Waals surface area contributed by atoms with Crippen molar-refractivity contribution in [3.8, 4) is 0 Å². The Labute approximate surface area is 117 Å². The highest BCUT2D eigenvalue weighted by Gasteiger charge is 2.26. The number of nitrogens with one attached hydrogen (secondary N) is 1. The Bertz CT molecular complexity index is 625. The van der Waals surface area contributed by atoms with Gasteiger partial charge in [0.25, 0.3) is 0 Å². The van der Waals surface area contributed by atoms with Gasteiger partial charge in [-0.3, -0.25) is 9.78 Å². The number of aromatic nitrogens is 1. The van der Waals surface area contributed by atoms with Gasteiger partial charge >= 0.3 is 0 Å². The number of hydrogen-bond acceptors (Lipinski definition) is 3. The lowest BCUT2D eigenvalue weighted by atomic mass is 9.92. The first kappa shape index (κ1) is 13.8. The molecule has 1 aromatic carbocycles. The number of amides is 1.